The first-order valence-corrected chi connectivity index (χ1v) is 2.53. The predicted octanol–water partition coefficient (Wildman–Crippen LogP) is 1.70. The summed E-state index contributed by atoms with van der Waals surface area (Å²) in [4.78, 5) is 0. The standard InChI is InChI=1S/C6H10O/c1-6(2)4-3-5-7-6/h3,5H,4H2,1-2H3. The third-order valence-corrected chi connectivity index (χ3v) is 1.09. The Kier molecular flexibility index (Phi) is 0.841. The van der Waals surface area contributed by atoms with Crippen molar-refractivity contribution in [2.24, 2.45) is 0 Å². The highest BCUT2D eigenvalue weighted by Gasteiger charge is 2.18. The average Bonchev–Trinajstić information content (AvgIpc) is 1.84. The van der Waals surface area contributed by atoms with Crippen molar-refractivity contribution in [3.8, 4) is 0 Å². The fourth-order valence-electron chi connectivity index (χ4n) is 0.612. The molecule has 0 aromatic heterocycles. The van der Waals surface area contributed by atoms with Crippen molar-refractivity contribution in [1.29, 1.82) is 0 Å². The van der Waals surface area contributed by atoms with Gasteiger partial charge in [-0.1, -0.05) is 0 Å². The van der Waals surface area contributed by atoms with Gasteiger partial charge in [-0.05, 0) is 19.9 Å². The molecule has 0 aromatic carbocycles. The summed E-state index contributed by atoms with van der Waals surface area (Å²) in [5, 5.41) is 0. The van der Waals surface area contributed by atoms with Crippen LogP contribution in [0, 0.1) is 0 Å². The lowest BCUT2D eigenvalue weighted by atomic mass is 10.1. The molecule has 0 saturated heterocycles. The van der Waals surface area contributed by atoms with E-state index in [0.29, 0.717) is 0 Å². The van der Waals surface area contributed by atoms with Crippen LogP contribution in [-0.4, -0.2) is 5.60 Å². The van der Waals surface area contributed by atoms with Crippen molar-refractivity contribution in [3.05, 3.63) is 12.3 Å². The van der Waals surface area contributed by atoms with Gasteiger partial charge < -0.3 is 4.74 Å². The highest BCUT2D eigenvalue weighted by atomic mass is 16.5. The van der Waals surface area contributed by atoms with Crippen LogP contribution in [0.25, 0.3) is 0 Å². The van der Waals surface area contributed by atoms with E-state index in [1.807, 2.05) is 6.08 Å². The van der Waals surface area contributed by atoms with E-state index in [-0.39, 0.29) is 5.60 Å². The Hall–Kier alpha value is -0.460. The molecule has 0 N–H and O–H groups in total. The Balaban J connectivity index is 2.49. The third-order valence-electron chi connectivity index (χ3n) is 1.09. The van der Waals surface area contributed by atoms with Gasteiger partial charge in [-0.2, -0.15) is 0 Å². The van der Waals surface area contributed by atoms with Gasteiger partial charge in [0.25, 0.3) is 0 Å². The fourth-order valence-corrected chi connectivity index (χ4v) is 0.612. The summed E-state index contributed by atoms with van der Waals surface area (Å²) in [5.41, 5.74) is 0.0833. The number of hydrogen-bond donors (Lipinski definition) is 0. The van der Waals surface area contributed by atoms with Gasteiger partial charge in [-0.3, -0.25) is 0 Å². The number of rotatable bonds is 0. The SMILES string of the molecule is CC1(C)CC=CO1. The van der Waals surface area contributed by atoms with Crippen LogP contribution in [0.1, 0.15) is 20.3 Å². The molecule has 0 fully saturated rings. The molecule has 0 radical (unpaired) electrons. The molecule has 1 heteroatoms. The summed E-state index contributed by atoms with van der Waals surface area (Å²) < 4.78 is 5.16. The molecule has 0 aromatic rings. The summed E-state index contributed by atoms with van der Waals surface area (Å²) in [6.07, 6.45) is 4.85. The lowest BCUT2D eigenvalue weighted by Crippen LogP contribution is -2.15. The van der Waals surface area contributed by atoms with E-state index in [1.165, 1.54) is 0 Å². The van der Waals surface area contributed by atoms with Gasteiger partial charge in [0.15, 0.2) is 0 Å². The molecular weight excluding hydrogens is 88.1 g/mol. The maximum Gasteiger partial charge on any atom is 0.106 e. The van der Waals surface area contributed by atoms with Crippen LogP contribution in [0.2, 0.25) is 0 Å². The zero-order valence-electron chi connectivity index (χ0n) is 4.77. The third kappa shape index (κ3) is 0.952. The van der Waals surface area contributed by atoms with E-state index >= 15 is 0 Å². The molecule has 7 heavy (non-hydrogen) atoms. The second-order valence-electron chi connectivity index (χ2n) is 2.45. The van der Waals surface area contributed by atoms with E-state index in [0.717, 1.165) is 6.42 Å². The van der Waals surface area contributed by atoms with E-state index < -0.39 is 0 Å². The summed E-state index contributed by atoms with van der Waals surface area (Å²) in [5.74, 6) is 0. The van der Waals surface area contributed by atoms with E-state index in [9.17, 15) is 0 Å². The molecule has 1 aliphatic rings. The van der Waals surface area contributed by atoms with Gasteiger partial charge in [0.1, 0.15) is 5.60 Å². The van der Waals surface area contributed by atoms with Crippen molar-refractivity contribution in [2.45, 2.75) is 25.9 Å². The van der Waals surface area contributed by atoms with Gasteiger partial charge >= 0.3 is 0 Å². The number of hydrogen-bond acceptors (Lipinski definition) is 1. The Morgan fingerprint density at radius 1 is 1.57 bits per heavy atom. The minimum absolute atomic E-state index is 0.0833. The van der Waals surface area contributed by atoms with Crippen LogP contribution in [0.4, 0.5) is 0 Å². The van der Waals surface area contributed by atoms with Gasteiger partial charge in [0, 0.05) is 6.42 Å². The molecule has 0 aliphatic carbocycles. The zero-order chi connectivity index (χ0) is 5.33. The van der Waals surface area contributed by atoms with Gasteiger partial charge in [0.2, 0.25) is 0 Å². The topological polar surface area (TPSA) is 9.23 Å². The second-order valence-corrected chi connectivity index (χ2v) is 2.45. The molecule has 0 saturated carbocycles. The molecule has 1 rings (SSSR count). The Morgan fingerprint density at radius 3 is 2.43 bits per heavy atom. The van der Waals surface area contributed by atoms with Crippen LogP contribution in [0.5, 0.6) is 0 Å². The first kappa shape index (κ1) is 4.69. The lowest BCUT2D eigenvalue weighted by molar-refractivity contribution is 0.0829. The van der Waals surface area contributed by atoms with Crippen LogP contribution in [0.15, 0.2) is 12.3 Å². The molecule has 0 bridgehead atoms. The first-order chi connectivity index (χ1) is 3.21. The quantitative estimate of drug-likeness (QED) is 0.448. The van der Waals surface area contributed by atoms with Crippen molar-refractivity contribution in [3.63, 3.8) is 0 Å². The number of ether oxygens (including phenoxy) is 1. The fraction of sp³-hybridized carbons (Fsp3) is 0.667. The van der Waals surface area contributed by atoms with Crippen molar-refractivity contribution in [1.82, 2.24) is 0 Å². The maximum atomic E-state index is 5.16. The molecule has 1 heterocycles. The smallest absolute Gasteiger partial charge is 0.106 e. The summed E-state index contributed by atoms with van der Waals surface area (Å²) >= 11 is 0. The van der Waals surface area contributed by atoms with Gasteiger partial charge in [0.05, 0.1) is 6.26 Å². The zero-order valence-corrected chi connectivity index (χ0v) is 4.77. The van der Waals surface area contributed by atoms with Gasteiger partial charge in [-0.15, -0.1) is 0 Å². The van der Waals surface area contributed by atoms with Crippen molar-refractivity contribution < 1.29 is 4.74 Å². The van der Waals surface area contributed by atoms with E-state index in [1.54, 1.807) is 6.26 Å². The Bertz CT molecular complexity index is 82.4. The monoisotopic (exact) mass is 98.1 g/mol. The lowest BCUT2D eigenvalue weighted by Gasteiger charge is -2.15. The van der Waals surface area contributed by atoms with E-state index in [2.05, 4.69) is 13.8 Å². The normalized spacial score (nSPS) is 24.9. The average molecular weight is 98.1 g/mol. The predicted molar refractivity (Wildman–Crippen MR) is 28.9 cm³/mol. The van der Waals surface area contributed by atoms with Crippen LogP contribution < -0.4 is 0 Å². The van der Waals surface area contributed by atoms with Crippen molar-refractivity contribution in [2.75, 3.05) is 0 Å². The molecule has 0 amide bonds. The molecule has 0 atom stereocenters. The maximum absolute atomic E-state index is 5.16. The summed E-state index contributed by atoms with van der Waals surface area (Å²) in [6, 6.07) is 0. The molecular formula is C6H10O. The minimum Gasteiger partial charge on any atom is -0.495 e. The first-order valence-electron chi connectivity index (χ1n) is 2.53. The molecule has 40 valence electrons. The van der Waals surface area contributed by atoms with Gasteiger partial charge in [-0.25, -0.2) is 0 Å². The minimum atomic E-state index is 0.0833. The van der Waals surface area contributed by atoms with Crippen LogP contribution >= 0.6 is 0 Å². The van der Waals surface area contributed by atoms with Crippen LogP contribution in [0.3, 0.4) is 0 Å². The largest absolute Gasteiger partial charge is 0.495 e. The second kappa shape index (κ2) is 1.25. The molecule has 1 aliphatic heterocycles. The summed E-state index contributed by atoms with van der Waals surface area (Å²) in [6.45, 7) is 4.15. The molecule has 0 unspecified atom stereocenters. The Labute approximate surface area is 44.0 Å². The van der Waals surface area contributed by atoms with Crippen LogP contribution in [-0.2, 0) is 4.74 Å². The highest BCUT2D eigenvalue weighted by Crippen LogP contribution is 2.20. The summed E-state index contributed by atoms with van der Waals surface area (Å²) in [7, 11) is 0. The Morgan fingerprint density at radius 2 is 2.29 bits per heavy atom. The molecule has 1 nitrogen and oxygen atoms in total. The van der Waals surface area contributed by atoms with E-state index in [4.69, 9.17) is 4.74 Å². The van der Waals surface area contributed by atoms with Crippen molar-refractivity contribution >= 4 is 0 Å². The highest BCUT2D eigenvalue weighted by molar-refractivity contribution is 4.91. The molecule has 0 spiro atoms.